The van der Waals surface area contributed by atoms with Crippen molar-refractivity contribution in [2.75, 3.05) is 18.6 Å². The highest BCUT2D eigenvalue weighted by Crippen LogP contribution is 2.24. The summed E-state index contributed by atoms with van der Waals surface area (Å²) in [6.45, 7) is 0.552. The van der Waals surface area contributed by atoms with Gasteiger partial charge >= 0.3 is 0 Å². The molecule has 2 amide bonds. The Kier molecular flexibility index (Phi) is 4.94. The van der Waals surface area contributed by atoms with Crippen LogP contribution in [-0.2, 0) is 23.1 Å². The van der Waals surface area contributed by atoms with Gasteiger partial charge in [-0.15, -0.1) is 0 Å². The number of nitrogens with zero attached hydrogens (tertiary/aromatic N) is 3. The van der Waals surface area contributed by atoms with Gasteiger partial charge in [-0.3, -0.25) is 14.3 Å². The standard InChI is InChI=1S/C17H19ClN4O3/c1-21-10-13(9-19-21)22-6-5-14(17(22)24)20-16(23)8-11-7-12(18)3-4-15(11)25-2/h3-4,7,9-10,14H,5-6,8H2,1-2H3,(H,20,23). The van der Waals surface area contributed by atoms with Crippen LogP contribution in [0.15, 0.2) is 30.6 Å². The molecule has 1 saturated heterocycles. The number of aryl methyl sites for hydroxylation is 1. The molecule has 0 bridgehead atoms. The van der Waals surface area contributed by atoms with Crippen LogP contribution in [0.2, 0.25) is 5.02 Å². The number of ether oxygens (including phenoxy) is 1. The summed E-state index contributed by atoms with van der Waals surface area (Å²) >= 11 is 5.98. The normalized spacial score (nSPS) is 17.0. The number of carbonyl (C=O) groups excluding carboxylic acids is 2. The first kappa shape index (κ1) is 17.3. The smallest absolute Gasteiger partial charge is 0.249 e. The SMILES string of the molecule is COc1ccc(Cl)cc1CC(=O)NC1CCN(c2cnn(C)c2)C1=O. The molecule has 2 aromatic rings. The molecule has 0 saturated carbocycles. The highest BCUT2D eigenvalue weighted by molar-refractivity contribution is 6.30. The molecule has 1 aromatic carbocycles. The lowest BCUT2D eigenvalue weighted by molar-refractivity contribution is -0.126. The summed E-state index contributed by atoms with van der Waals surface area (Å²) in [4.78, 5) is 26.5. The zero-order valence-corrected chi connectivity index (χ0v) is 14.8. The molecule has 8 heteroatoms. The third-order valence-corrected chi connectivity index (χ3v) is 4.37. The van der Waals surface area contributed by atoms with E-state index >= 15 is 0 Å². The van der Waals surface area contributed by atoms with Gasteiger partial charge in [0, 0.05) is 30.4 Å². The predicted molar refractivity (Wildman–Crippen MR) is 93.8 cm³/mol. The molecule has 3 rings (SSSR count). The second kappa shape index (κ2) is 7.14. The van der Waals surface area contributed by atoms with Gasteiger partial charge in [-0.25, -0.2) is 0 Å². The maximum Gasteiger partial charge on any atom is 0.249 e. The van der Waals surface area contributed by atoms with Crippen LogP contribution in [-0.4, -0.2) is 41.3 Å². The number of amides is 2. The molecule has 7 nitrogen and oxygen atoms in total. The fourth-order valence-corrected chi connectivity index (χ4v) is 3.12. The van der Waals surface area contributed by atoms with Gasteiger partial charge in [0.25, 0.3) is 0 Å². The first-order valence-electron chi connectivity index (χ1n) is 7.89. The number of hydrogen-bond donors (Lipinski definition) is 1. The molecule has 0 aliphatic carbocycles. The number of methoxy groups -OCH3 is 1. The highest BCUT2D eigenvalue weighted by atomic mass is 35.5. The van der Waals surface area contributed by atoms with Crippen molar-refractivity contribution < 1.29 is 14.3 Å². The zero-order valence-electron chi connectivity index (χ0n) is 14.0. The van der Waals surface area contributed by atoms with E-state index in [1.165, 1.54) is 7.11 Å². The van der Waals surface area contributed by atoms with Gasteiger partial charge in [0.15, 0.2) is 0 Å². The van der Waals surface area contributed by atoms with E-state index in [0.29, 0.717) is 29.3 Å². The molecular weight excluding hydrogens is 344 g/mol. The fourth-order valence-electron chi connectivity index (χ4n) is 2.92. The Morgan fingerprint density at radius 1 is 1.48 bits per heavy atom. The second-order valence-corrected chi connectivity index (χ2v) is 6.34. The molecular formula is C17H19ClN4O3. The van der Waals surface area contributed by atoms with Crippen LogP contribution >= 0.6 is 11.6 Å². The van der Waals surface area contributed by atoms with Crippen molar-refractivity contribution in [3.63, 3.8) is 0 Å². The monoisotopic (exact) mass is 362 g/mol. The molecule has 132 valence electrons. The van der Waals surface area contributed by atoms with Gasteiger partial charge in [0.05, 0.1) is 25.4 Å². The number of rotatable bonds is 5. The van der Waals surface area contributed by atoms with Crippen molar-refractivity contribution in [1.82, 2.24) is 15.1 Å². The van der Waals surface area contributed by atoms with E-state index in [4.69, 9.17) is 16.3 Å². The second-order valence-electron chi connectivity index (χ2n) is 5.90. The topological polar surface area (TPSA) is 76.5 Å². The van der Waals surface area contributed by atoms with Gasteiger partial charge in [0.1, 0.15) is 11.8 Å². The van der Waals surface area contributed by atoms with Gasteiger partial charge in [-0.2, -0.15) is 5.10 Å². The number of hydrogen-bond acceptors (Lipinski definition) is 4. The van der Waals surface area contributed by atoms with E-state index in [1.54, 1.807) is 47.2 Å². The van der Waals surface area contributed by atoms with Crippen LogP contribution in [0.4, 0.5) is 5.69 Å². The molecule has 2 heterocycles. The van der Waals surface area contributed by atoms with Crippen LogP contribution in [0.25, 0.3) is 0 Å². The summed E-state index contributed by atoms with van der Waals surface area (Å²) in [6, 6.07) is 4.58. The summed E-state index contributed by atoms with van der Waals surface area (Å²) in [6.07, 6.45) is 4.07. The van der Waals surface area contributed by atoms with Crippen LogP contribution in [0.1, 0.15) is 12.0 Å². The summed E-state index contributed by atoms with van der Waals surface area (Å²) < 4.78 is 6.89. The van der Waals surface area contributed by atoms with E-state index in [1.807, 2.05) is 0 Å². The van der Waals surface area contributed by atoms with Gasteiger partial charge in [-0.05, 0) is 24.6 Å². The Morgan fingerprint density at radius 3 is 2.96 bits per heavy atom. The first-order valence-corrected chi connectivity index (χ1v) is 8.27. The summed E-state index contributed by atoms with van der Waals surface area (Å²) in [5.41, 5.74) is 1.42. The number of halogens is 1. The minimum atomic E-state index is -0.530. The van der Waals surface area contributed by atoms with E-state index in [-0.39, 0.29) is 18.2 Å². The maximum atomic E-state index is 12.5. The minimum Gasteiger partial charge on any atom is -0.496 e. The molecule has 1 fully saturated rings. The van der Waals surface area contributed by atoms with E-state index in [9.17, 15) is 9.59 Å². The molecule has 1 aromatic heterocycles. The summed E-state index contributed by atoms with van der Waals surface area (Å²) in [7, 11) is 3.33. The Balaban J connectivity index is 1.64. The number of nitrogens with one attached hydrogen (secondary N) is 1. The molecule has 1 N–H and O–H groups in total. The average molecular weight is 363 g/mol. The summed E-state index contributed by atoms with van der Waals surface area (Å²) in [5.74, 6) is 0.223. The van der Waals surface area contributed by atoms with Crippen LogP contribution < -0.4 is 15.0 Å². The van der Waals surface area contributed by atoms with Crippen molar-refractivity contribution in [2.24, 2.45) is 7.05 Å². The first-order chi connectivity index (χ1) is 12.0. The average Bonchev–Trinajstić information content (AvgIpc) is 3.14. The lowest BCUT2D eigenvalue weighted by atomic mass is 10.1. The van der Waals surface area contributed by atoms with Crippen LogP contribution in [0, 0.1) is 0 Å². The minimum absolute atomic E-state index is 0.0976. The molecule has 1 unspecified atom stereocenters. The predicted octanol–water partition coefficient (Wildman–Crippen LogP) is 1.55. The maximum absolute atomic E-state index is 12.5. The molecule has 1 aliphatic heterocycles. The zero-order chi connectivity index (χ0) is 18.0. The molecule has 0 spiro atoms. The number of benzene rings is 1. The van der Waals surface area contributed by atoms with E-state index in [0.717, 1.165) is 5.69 Å². The Labute approximate surface area is 150 Å². The van der Waals surface area contributed by atoms with Crippen molar-refractivity contribution in [3.05, 3.63) is 41.2 Å². The van der Waals surface area contributed by atoms with E-state index in [2.05, 4.69) is 10.4 Å². The van der Waals surface area contributed by atoms with Crippen molar-refractivity contribution in [1.29, 1.82) is 0 Å². The number of aromatic nitrogens is 2. The molecule has 1 aliphatic rings. The molecule has 0 radical (unpaired) electrons. The van der Waals surface area contributed by atoms with Crippen molar-refractivity contribution >= 4 is 29.1 Å². The number of carbonyl (C=O) groups is 2. The van der Waals surface area contributed by atoms with Gasteiger partial charge in [0.2, 0.25) is 11.8 Å². The number of anilines is 1. The highest BCUT2D eigenvalue weighted by Gasteiger charge is 2.34. The quantitative estimate of drug-likeness (QED) is 0.875. The lowest BCUT2D eigenvalue weighted by Crippen LogP contribution is -2.42. The van der Waals surface area contributed by atoms with E-state index < -0.39 is 6.04 Å². The van der Waals surface area contributed by atoms with Crippen LogP contribution in [0.3, 0.4) is 0 Å². The van der Waals surface area contributed by atoms with Crippen LogP contribution in [0.5, 0.6) is 5.75 Å². The molecule has 25 heavy (non-hydrogen) atoms. The Bertz CT molecular complexity index is 805. The molecule has 1 atom stereocenters. The largest absolute Gasteiger partial charge is 0.496 e. The third-order valence-electron chi connectivity index (χ3n) is 4.14. The van der Waals surface area contributed by atoms with Crippen molar-refractivity contribution in [2.45, 2.75) is 18.9 Å². The fraction of sp³-hybridized carbons (Fsp3) is 0.353. The summed E-state index contributed by atoms with van der Waals surface area (Å²) in [5, 5.41) is 7.40. The van der Waals surface area contributed by atoms with Crippen molar-refractivity contribution in [3.8, 4) is 5.75 Å². The lowest BCUT2D eigenvalue weighted by Gasteiger charge is -2.15. The third kappa shape index (κ3) is 3.76. The van der Waals surface area contributed by atoms with Gasteiger partial charge in [-0.1, -0.05) is 11.6 Å². The Hall–Kier alpha value is -2.54. The van der Waals surface area contributed by atoms with Gasteiger partial charge < -0.3 is 15.0 Å². The Morgan fingerprint density at radius 2 is 2.28 bits per heavy atom.